The molecule has 0 saturated heterocycles. The standard InChI is InChI=1S/C18H21ClN2O/c1-13(2)21(16-7-5-4-6-8-16)18(22)12-20-17-11-15(19)10-9-14(17)3/h4-11,13,20H,12H2,1-3H3. The fourth-order valence-corrected chi connectivity index (χ4v) is 2.53. The van der Waals surface area contributed by atoms with Gasteiger partial charge in [0.05, 0.1) is 6.54 Å². The van der Waals surface area contributed by atoms with Crippen molar-refractivity contribution in [3.05, 3.63) is 59.1 Å². The molecule has 0 radical (unpaired) electrons. The monoisotopic (exact) mass is 316 g/mol. The van der Waals surface area contributed by atoms with Gasteiger partial charge in [0, 0.05) is 22.4 Å². The molecule has 0 heterocycles. The van der Waals surface area contributed by atoms with Gasteiger partial charge in [-0.2, -0.15) is 0 Å². The largest absolute Gasteiger partial charge is 0.376 e. The molecule has 22 heavy (non-hydrogen) atoms. The van der Waals surface area contributed by atoms with Gasteiger partial charge in [-0.3, -0.25) is 4.79 Å². The van der Waals surface area contributed by atoms with Gasteiger partial charge in [-0.25, -0.2) is 0 Å². The SMILES string of the molecule is Cc1ccc(Cl)cc1NCC(=O)N(c1ccccc1)C(C)C. The molecule has 0 atom stereocenters. The number of para-hydroxylation sites is 1. The van der Waals surface area contributed by atoms with E-state index in [9.17, 15) is 4.79 Å². The van der Waals surface area contributed by atoms with Crippen molar-refractivity contribution >= 4 is 28.9 Å². The van der Waals surface area contributed by atoms with Gasteiger partial charge in [-0.05, 0) is 50.6 Å². The Morgan fingerprint density at radius 2 is 1.86 bits per heavy atom. The van der Waals surface area contributed by atoms with Crippen LogP contribution in [0, 0.1) is 6.92 Å². The maximum absolute atomic E-state index is 12.6. The number of amides is 1. The van der Waals surface area contributed by atoms with Crippen LogP contribution in [0.5, 0.6) is 0 Å². The zero-order valence-electron chi connectivity index (χ0n) is 13.1. The van der Waals surface area contributed by atoms with E-state index >= 15 is 0 Å². The Morgan fingerprint density at radius 3 is 2.50 bits per heavy atom. The van der Waals surface area contributed by atoms with E-state index in [1.165, 1.54) is 0 Å². The Hall–Kier alpha value is -2.00. The van der Waals surface area contributed by atoms with E-state index < -0.39 is 0 Å². The molecular weight excluding hydrogens is 296 g/mol. The predicted molar refractivity (Wildman–Crippen MR) is 93.7 cm³/mol. The van der Waals surface area contributed by atoms with Crippen LogP contribution in [0.4, 0.5) is 11.4 Å². The maximum Gasteiger partial charge on any atom is 0.246 e. The summed E-state index contributed by atoms with van der Waals surface area (Å²) < 4.78 is 0. The van der Waals surface area contributed by atoms with Crippen LogP contribution in [-0.4, -0.2) is 18.5 Å². The van der Waals surface area contributed by atoms with Crippen molar-refractivity contribution in [2.24, 2.45) is 0 Å². The first kappa shape index (κ1) is 16.4. The van der Waals surface area contributed by atoms with E-state index in [0.29, 0.717) is 5.02 Å². The van der Waals surface area contributed by atoms with Crippen LogP contribution >= 0.6 is 11.6 Å². The lowest BCUT2D eigenvalue weighted by molar-refractivity contribution is -0.117. The van der Waals surface area contributed by atoms with Gasteiger partial charge in [0.25, 0.3) is 0 Å². The highest BCUT2D eigenvalue weighted by Crippen LogP contribution is 2.21. The number of nitrogens with zero attached hydrogens (tertiary/aromatic N) is 1. The van der Waals surface area contributed by atoms with Gasteiger partial charge in [0.15, 0.2) is 0 Å². The first-order valence-electron chi connectivity index (χ1n) is 7.36. The fraction of sp³-hybridized carbons (Fsp3) is 0.278. The number of hydrogen-bond acceptors (Lipinski definition) is 2. The third-order valence-corrected chi connectivity index (χ3v) is 3.68. The van der Waals surface area contributed by atoms with E-state index in [4.69, 9.17) is 11.6 Å². The fourth-order valence-electron chi connectivity index (χ4n) is 2.36. The molecule has 0 aliphatic rings. The molecule has 0 aliphatic heterocycles. The Labute approximate surface area is 136 Å². The van der Waals surface area contributed by atoms with Gasteiger partial charge in [0.2, 0.25) is 5.91 Å². The minimum atomic E-state index is 0.0283. The van der Waals surface area contributed by atoms with Gasteiger partial charge >= 0.3 is 0 Å². The van der Waals surface area contributed by atoms with Crippen molar-refractivity contribution in [2.45, 2.75) is 26.8 Å². The first-order chi connectivity index (χ1) is 10.5. The minimum Gasteiger partial charge on any atom is -0.376 e. The molecule has 2 aromatic carbocycles. The van der Waals surface area contributed by atoms with Crippen molar-refractivity contribution in [3.8, 4) is 0 Å². The molecular formula is C18H21ClN2O. The molecule has 0 aliphatic carbocycles. The van der Waals surface area contributed by atoms with Crippen LogP contribution < -0.4 is 10.2 Å². The second-order valence-electron chi connectivity index (χ2n) is 5.51. The zero-order chi connectivity index (χ0) is 16.1. The van der Waals surface area contributed by atoms with E-state index in [-0.39, 0.29) is 18.5 Å². The Morgan fingerprint density at radius 1 is 1.18 bits per heavy atom. The average molecular weight is 317 g/mol. The molecule has 0 aromatic heterocycles. The number of anilines is 2. The topological polar surface area (TPSA) is 32.3 Å². The third kappa shape index (κ3) is 4.01. The van der Waals surface area contributed by atoms with Crippen molar-refractivity contribution in [2.75, 3.05) is 16.8 Å². The normalized spacial score (nSPS) is 10.6. The van der Waals surface area contributed by atoms with E-state index in [2.05, 4.69) is 5.32 Å². The second kappa shape index (κ2) is 7.32. The van der Waals surface area contributed by atoms with Crippen molar-refractivity contribution in [1.29, 1.82) is 0 Å². The molecule has 0 bridgehead atoms. The van der Waals surface area contributed by atoms with Crippen LogP contribution in [0.15, 0.2) is 48.5 Å². The highest BCUT2D eigenvalue weighted by molar-refractivity contribution is 6.30. The average Bonchev–Trinajstić information content (AvgIpc) is 2.49. The summed E-state index contributed by atoms with van der Waals surface area (Å²) in [6.07, 6.45) is 0. The van der Waals surface area contributed by atoms with E-state index in [0.717, 1.165) is 16.9 Å². The van der Waals surface area contributed by atoms with Crippen LogP contribution in [0.3, 0.4) is 0 Å². The first-order valence-corrected chi connectivity index (χ1v) is 7.74. The van der Waals surface area contributed by atoms with Crippen LogP contribution in [0.2, 0.25) is 5.02 Å². The van der Waals surface area contributed by atoms with Gasteiger partial charge < -0.3 is 10.2 Å². The molecule has 0 spiro atoms. The van der Waals surface area contributed by atoms with E-state index in [1.54, 1.807) is 4.90 Å². The minimum absolute atomic E-state index is 0.0283. The maximum atomic E-state index is 12.6. The van der Waals surface area contributed by atoms with Gasteiger partial charge in [0.1, 0.15) is 0 Å². The molecule has 1 amide bonds. The lowest BCUT2D eigenvalue weighted by Gasteiger charge is -2.27. The van der Waals surface area contributed by atoms with Crippen LogP contribution in [0.1, 0.15) is 19.4 Å². The zero-order valence-corrected chi connectivity index (χ0v) is 13.9. The summed E-state index contributed by atoms with van der Waals surface area (Å²) in [5.74, 6) is 0.0283. The second-order valence-corrected chi connectivity index (χ2v) is 5.94. The Balaban J connectivity index is 2.11. The number of benzene rings is 2. The van der Waals surface area contributed by atoms with Crippen molar-refractivity contribution in [1.82, 2.24) is 0 Å². The molecule has 0 unspecified atom stereocenters. The smallest absolute Gasteiger partial charge is 0.246 e. The third-order valence-electron chi connectivity index (χ3n) is 3.45. The highest BCUT2D eigenvalue weighted by atomic mass is 35.5. The molecule has 2 aromatic rings. The number of aryl methyl sites for hydroxylation is 1. The summed E-state index contributed by atoms with van der Waals surface area (Å²) >= 11 is 6.01. The quantitative estimate of drug-likeness (QED) is 0.880. The number of hydrogen-bond donors (Lipinski definition) is 1. The predicted octanol–water partition coefficient (Wildman–Crippen LogP) is 4.50. The molecule has 116 valence electrons. The molecule has 2 rings (SSSR count). The summed E-state index contributed by atoms with van der Waals surface area (Å²) in [7, 11) is 0. The Bertz CT molecular complexity index is 641. The van der Waals surface area contributed by atoms with Crippen LogP contribution in [-0.2, 0) is 4.79 Å². The summed E-state index contributed by atoms with van der Waals surface area (Å²) in [5, 5.41) is 3.84. The molecule has 0 saturated carbocycles. The lowest BCUT2D eigenvalue weighted by atomic mass is 10.2. The molecule has 4 heteroatoms. The highest BCUT2D eigenvalue weighted by Gasteiger charge is 2.18. The van der Waals surface area contributed by atoms with Crippen molar-refractivity contribution < 1.29 is 4.79 Å². The summed E-state index contributed by atoms with van der Waals surface area (Å²) in [6, 6.07) is 15.4. The number of rotatable bonds is 5. The van der Waals surface area contributed by atoms with Gasteiger partial charge in [-0.1, -0.05) is 35.9 Å². The summed E-state index contributed by atoms with van der Waals surface area (Å²) in [4.78, 5) is 14.4. The Kier molecular flexibility index (Phi) is 5.45. The number of carbonyl (C=O) groups excluding carboxylic acids is 1. The van der Waals surface area contributed by atoms with Gasteiger partial charge in [-0.15, -0.1) is 0 Å². The molecule has 3 nitrogen and oxygen atoms in total. The van der Waals surface area contributed by atoms with Crippen molar-refractivity contribution in [3.63, 3.8) is 0 Å². The molecule has 1 N–H and O–H groups in total. The number of nitrogens with one attached hydrogen (secondary N) is 1. The summed E-state index contributed by atoms with van der Waals surface area (Å²) in [6.45, 7) is 6.24. The van der Waals surface area contributed by atoms with Crippen LogP contribution in [0.25, 0.3) is 0 Å². The number of halogens is 1. The number of carbonyl (C=O) groups is 1. The lowest BCUT2D eigenvalue weighted by Crippen LogP contribution is -2.40. The van der Waals surface area contributed by atoms with E-state index in [1.807, 2.05) is 69.3 Å². The molecule has 0 fully saturated rings. The summed E-state index contributed by atoms with van der Waals surface area (Å²) in [5.41, 5.74) is 2.86.